The van der Waals surface area contributed by atoms with E-state index in [1.165, 1.54) is 25.7 Å². The topological polar surface area (TPSA) is 125 Å². The van der Waals surface area contributed by atoms with E-state index >= 15 is 0 Å². The van der Waals surface area contributed by atoms with E-state index < -0.39 is 17.9 Å². The monoisotopic (exact) mass is 329 g/mol. The number of carbonyl (C=O) groups is 3. The van der Waals surface area contributed by atoms with E-state index in [4.69, 9.17) is 16.2 Å². The molecular formula is C16H31N3O4. The highest BCUT2D eigenvalue weighted by Gasteiger charge is 2.17. The van der Waals surface area contributed by atoms with Gasteiger partial charge in [-0.1, -0.05) is 45.4 Å². The minimum atomic E-state index is -0.825. The molecule has 0 saturated heterocycles. The first kappa shape index (κ1) is 21.4. The zero-order valence-corrected chi connectivity index (χ0v) is 14.1. The number of ether oxygens (including phenoxy) is 1. The van der Waals surface area contributed by atoms with E-state index in [1.54, 1.807) is 0 Å². The Bertz CT molecular complexity index is 361. The smallest absolute Gasteiger partial charge is 0.305 e. The lowest BCUT2D eigenvalue weighted by Gasteiger charge is -2.13. The van der Waals surface area contributed by atoms with E-state index in [-0.39, 0.29) is 25.5 Å². The van der Waals surface area contributed by atoms with Gasteiger partial charge in [-0.3, -0.25) is 14.4 Å². The number of rotatable bonds is 15. The first-order valence-corrected chi connectivity index (χ1v) is 8.44. The summed E-state index contributed by atoms with van der Waals surface area (Å²) in [6, 6.07) is -0.825. The van der Waals surface area contributed by atoms with Gasteiger partial charge in [-0.25, -0.2) is 0 Å². The molecule has 1 atom stereocenters. The van der Waals surface area contributed by atoms with Gasteiger partial charge < -0.3 is 21.5 Å². The molecule has 23 heavy (non-hydrogen) atoms. The lowest BCUT2D eigenvalue weighted by atomic mass is 10.1. The molecule has 0 heterocycles. The molecule has 0 rings (SSSR count). The SMILES string of the molecule is CCCCCCCCCC(=O)OCCNC(CC(N)=O)C(N)=O. The van der Waals surface area contributed by atoms with Crippen LogP contribution in [0.5, 0.6) is 0 Å². The van der Waals surface area contributed by atoms with Crippen LogP contribution < -0.4 is 16.8 Å². The minimum absolute atomic E-state index is 0.137. The summed E-state index contributed by atoms with van der Waals surface area (Å²) in [5.41, 5.74) is 10.2. The molecule has 0 aromatic rings. The molecule has 7 nitrogen and oxygen atoms in total. The van der Waals surface area contributed by atoms with Crippen LogP contribution in [-0.4, -0.2) is 37.0 Å². The highest BCUT2D eigenvalue weighted by molar-refractivity contribution is 5.86. The second kappa shape index (κ2) is 14.0. The molecule has 0 aliphatic rings. The second-order valence-electron chi connectivity index (χ2n) is 5.67. The molecule has 7 heteroatoms. The van der Waals surface area contributed by atoms with Crippen molar-refractivity contribution in [2.45, 2.75) is 70.8 Å². The van der Waals surface area contributed by atoms with Crippen molar-refractivity contribution < 1.29 is 19.1 Å². The lowest BCUT2D eigenvalue weighted by molar-refractivity contribution is -0.143. The Morgan fingerprint density at radius 1 is 1.00 bits per heavy atom. The van der Waals surface area contributed by atoms with Crippen molar-refractivity contribution in [3.63, 3.8) is 0 Å². The minimum Gasteiger partial charge on any atom is -0.464 e. The van der Waals surface area contributed by atoms with Crippen molar-refractivity contribution in [2.24, 2.45) is 11.5 Å². The Balaban J connectivity index is 3.58. The summed E-state index contributed by atoms with van der Waals surface area (Å²) in [5.74, 6) is -1.51. The predicted octanol–water partition coefficient (Wildman–Crippen LogP) is 0.989. The zero-order valence-electron chi connectivity index (χ0n) is 14.1. The molecule has 0 aromatic carbocycles. The zero-order chi connectivity index (χ0) is 17.5. The van der Waals surface area contributed by atoms with E-state index in [9.17, 15) is 14.4 Å². The van der Waals surface area contributed by atoms with Gasteiger partial charge >= 0.3 is 5.97 Å². The molecule has 0 bridgehead atoms. The van der Waals surface area contributed by atoms with Crippen molar-refractivity contribution in [1.29, 1.82) is 0 Å². The van der Waals surface area contributed by atoms with Gasteiger partial charge in [0.05, 0.1) is 12.5 Å². The average Bonchev–Trinajstić information content (AvgIpc) is 2.48. The largest absolute Gasteiger partial charge is 0.464 e. The van der Waals surface area contributed by atoms with Crippen LogP contribution in [-0.2, 0) is 19.1 Å². The number of carbonyl (C=O) groups excluding carboxylic acids is 3. The quantitative estimate of drug-likeness (QED) is 0.305. The molecule has 134 valence electrons. The van der Waals surface area contributed by atoms with Crippen molar-refractivity contribution >= 4 is 17.8 Å². The molecule has 0 saturated carbocycles. The molecular weight excluding hydrogens is 298 g/mol. The van der Waals surface area contributed by atoms with Gasteiger partial charge in [-0.15, -0.1) is 0 Å². The van der Waals surface area contributed by atoms with Gasteiger partial charge in [-0.05, 0) is 6.42 Å². The van der Waals surface area contributed by atoms with Crippen LogP contribution in [0.2, 0.25) is 0 Å². The predicted molar refractivity (Wildman–Crippen MR) is 88.4 cm³/mol. The highest BCUT2D eigenvalue weighted by atomic mass is 16.5. The third kappa shape index (κ3) is 13.7. The summed E-state index contributed by atoms with van der Waals surface area (Å²) in [6.07, 6.45) is 8.27. The fourth-order valence-corrected chi connectivity index (χ4v) is 2.17. The Morgan fingerprint density at radius 2 is 1.61 bits per heavy atom. The molecule has 2 amide bonds. The lowest BCUT2D eigenvalue weighted by Crippen LogP contribution is -2.45. The van der Waals surface area contributed by atoms with Crippen molar-refractivity contribution in [3.05, 3.63) is 0 Å². The highest BCUT2D eigenvalue weighted by Crippen LogP contribution is 2.08. The van der Waals surface area contributed by atoms with Crippen LogP contribution in [0.25, 0.3) is 0 Å². The number of amides is 2. The van der Waals surface area contributed by atoms with Crippen LogP contribution in [0.1, 0.15) is 64.7 Å². The Hall–Kier alpha value is -1.63. The molecule has 0 spiro atoms. The average molecular weight is 329 g/mol. The molecule has 0 fully saturated rings. The Kier molecular flexibility index (Phi) is 13.0. The van der Waals surface area contributed by atoms with Crippen molar-refractivity contribution in [1.82, 2.24) is 5.32 Å². The number of nitrogens with one attached hydrogen (secondary N) is 1. The van der Waals surface area contributed by atoms with Crippen molar-refractivity contribution in [3.8, 4) is 0 Å². The summed E-state index contributed by atoms with van der Waals surface area (Å²) in [6.45, 7) is 2.58. The fraction of sp³-hybridized carbons (Fsp3) is 0.812. The van der Waals surface area contributed by atoms with E-state index in [0.717, 1.165) is 19.3 Å². The molecule has 0 radical (unpaired) electrons. The van der Waals surface area contributed by atoms with E-state index in [1.807, 2.05) is 0 Å². The second-order valence-corrected chi connectivity index (χ2v) is 5.67. The number of unbranched alkanes of at least 4 members (excludes halogenated alkanes) is 6. The van der Waals surface area contributed by atoms with Crippen LogP contribution >= 0.6 is 0 Å². The fourth-order valence-electron chi connectivity index (χ4n) is 2.17. The maximum absolute atomic E-state index is 11.5. The van der Waals surface area contributed by atoms with Crippen LogP contribution in [0, 0.1) is 0 Å². The first-order chi connectivity index (χ1) is 11.0. The number of primary amides is 2. The number of nitrogens with two attached hydrogens (primary N) is 2. The van der Waals surface area contributed by atoms with Gasteiger partial charge in [0.25, 0.3) is 0 Å². The van der Waals surface area contributed by atoms with Gasteiger partial charge in [0, 0.05) is 13.0 Å². The summed E-state index contributed by atoms with van der Waals surface area (Å²) in [7, 11) is 0. The summed E-state index contributed by atoms with van der Waals surface area (Å²) >= 11 is 0. The van der Waals surface area contributed by atoms with Gasteiger partial charge in [0.2, 0.25) is 11.8 Å². The normalized spacial score (nSPS) is 11.9. The van der Waals surface area contributed by atoms with Crippen molar-refractivity contribution in [2.75, 3.05) is 13.2 Å². The summed E-state index contributed by atoms with van der Waals surface area (Å²) in [5, 5.41) is 2.75. The van der Waals surface area contributed by atoms with Gasteiger partial charge in [0.15, 0.2) is 0 Å². The first-order valence-electron chi connectivity index (χ1n) is 8.44. The molecule has 0 aliphatic heterocycles. The van der Waals surface area contributed by atoms with Crippen LogP contribution in [0.15, 0.2) is 0 Å². The van der Waals surface area contributed by atoms with Gasteiger partial charge in [0.1, 0.15) is 6.61 Å². The number of hydrogen-bond acceptors (Lipinski definition) is 5. The Labute approximate surface area is 138 Å². The number of hydrogen-bond donors (Lipinski definition) is 3. The van der Waals surface area contributed by atoms with Crippen LogP contribution in [0.4, 0.5) is 0 Å². The molecule has 0 aromatic heterocycles. The van der Waals surface area contributed by atoms with Crippen LogP contribution in [0.3, 0.4) is 0 Å². The third-order valence-electron chi connectivity index (χ3n) is 3.49. The molecule has 1 unspecified atom stereocenters. The van der Waals surface area contributed by atoms with Gasteiger partial charge in [-0.2, -0.15) is 0 Å². The van der Waals surface area contributed by atoms with E-state index in [2.05, 4.69) is 12.2 Å². The summed E-state index contributed by atoms with van der Waals surface area (Å²) in [4.78, 5) is 33.4. The third-order valence-corrected chi connectivity index (χ3v) is 3.49. The van der Waals surface area contributed by atoms with E-state index in [0.29, 0.717) is 6.42 Å². The molecule has 5 N–H and O–H groups in total. The number of esters is 1. The Morgan fingerprint density at radius 3 is 2.17 bits per heavy atom. The maximum atomic E-state index is 11.5. The summed E-state index contributed by atoms with van der Waals surface area (Å²) < 4.78 is 5.05. The maximum Gasteiger partial charge on any atom is 0.305 e. The molecule has 0 aliphatic carbocycles. The standard InChI is InChI=1S/C16H31N3O4/c1-2-3-4-5-6-7-8-9-15(21)23-11-10-19-13(16(18)22)12-14(17)20/h13,19H,2-12H2,1H3,(H2,17,20)(H2,18,22).